The maximum Gasteiger partial charge on any atom is 0.294 e. The molecule has 0 bridgehead atoms. The number of unbranched alkanes of at least 4 members (excludes halogenated alkanes) is 2. The number of nitrogens with zero attached hydrogens (tertiary/aromatic N) is 8. The molecule has 1 aromatic heterocycles. The minimum atomic E-state index is -4.51. The predicted molar refractivity (Wildman–Crippen MR) is 448 cm³/mol. The fraction of sp³-hybridized carbons (Fsp3) is 0.386. The van der Waals surface area contributed by atoms with E-state index >= 15 is 0 Å². The number of nitrogens with one attached hydrogen (secondary N) is 5. The molecule has 0 unspecified atom stereocenters. The van der Waals surface area contributed by atoms with E-state index in [0.29, 0.717) is 68.7 Å². The zero-order chi connectivity index (χ0) is 81.3. The van der Waals surface area contributed by atoms with Gasteiger partial charge < -0.3 is 41.3 Å². The molecule has 600 valence electrons. The van der Waals surface area contributed by atoms with Gasteiger partial charge >= 0.3 is 0 Å². The SMILES string of the molecule is CCN(CC)c1ccc2nc3ccc(N=Nc4ccc(N(C)CCCC(=O)NCC[C@H](NC(=O)[C@H](CC5CCCCC5)NC(=O)c5ccccc5)C(=O)NCCNC(=O)CCCCCN5C(=CC=CC=CC6=[N+](CC)c7ccc(S(=O)(=O)O)cc7C6(C)C)C(C)(C)c6cc(S(=O)(=O)O)ccc65)cc4)cc3[n+](-c3ccccc3)c2c1. The number of fused-ring (bicyclic) bond motifs is 4. The van der Waals surface area contributed by atoms with Gasteiger partial charge in [0.05, 0.1) is 26.6 Å². The number of hydrogen-bond acceptors (Lipinski definition) is 15. The van der Waals surface area contributed by atoms with Crippen molar-refractivity contribution in [2.45, 2.75) is 165 Å². The number of allylic oxidation sites excluding steroid dienone is 6. The average molecular weight is 1590 g/mol. The highest BCUT2D eigenvalue weighted by Crippen LogP contribution is 2.49. The molecule has 7 N–H and O–H groups in total. The van der Waals surface area contributed by atoms with Crippen LogP contribution in [-0.2, 0) is 50.2 Å². The molecule has 0 radical (unpaired) electrons. The molecule has 0 spiro atoms. The summed E-state index contributed by atoms with van der Waals surface area (Å²) in [6.07, 6.45) is 17.9. The number of amides is 5. The van der Waals surface area contributed by atoms with E-state index in [1.807, 2.05) is 133 Å². The molecule has 3 aliphatic rings. The number of hydrogen-bond donors (Lipinski definition) is 7. The highest BCUT2D eigenvalue weighted by molar-refractivity contribution is 7.86. The van der Waals surface area contributed by atoms with Gasteiger partial charge in [-0.15, -0.1) is 4.57 Å². The Morgan fingerprint density at radius 2 is 1.23 bits per heavy atom. The molecule has 0 saturated heterocycles. The van der Waals surface area contributed by atoms with Crippen molar-refractivity contribution in [1.29, 1.82) is 0 Å². The second-order valence-electron chi connectivity index (χ2n) is 30.5. The van der Waals surface area contributed by atoms with Crippen molar-refractivity contribution in [2.75, 3.05) is 74.1 Å². The van der Waals surface area contributed by atoms with Crippen molar-refractivity contribution in [3.05, 3.63) is 210 Å². The molecule has 24 nitrogen and oxygen atoms in total. The van der Waals surface area contributed by atoms with Crippen molar-refractivity contribution in [3.8, 4) is 5.69 Å². The van der Waals surface area contributed by atoms with Crippen LogP contribution in [-0.4, -0.2) is 142 Å². The van der Waals surface area contributed by atoms with Gasteiger partial charge in [0.2, 0.25) is 46.0 Å². The molecule has 5 amide bonds. The largest absolute Gasteiger partial charge is 0.375 e. The molecule has 2 aliphatic heterocycles. The van der Waals surface area contributed by atoms with Gasteiger partial charge in [0.1, 0.15) is 29.7 Å². The summed E-state index contributed by atoms with van der Waals surface area (Å²) in [6, 6.07) is 46.1. The van der Waals surface area contributed by atoms with Crippen LogP contribution in [0, 0.1) is 5.92 Å². The lowest BCUT2D eigenvalue weighted by atomic mass is 9.81. The van der Waals surface area contributed by atoms with Gasteiger partial charge in [-0.1, -0.05) is 107 Å². The van der Waals surface area contributed by atoms with Crippen molar-refractivity contribution < 1.29 is 59.1 Å². The Kier molecular flexibility index (Phi) is 28.0. The van der Waals surface area contributed by atoms with Crippen molar-refractivity contribution in [1.82, 2.24) is 31.6 Å². The Morgan fingerprint density at radius 3 is 1.91 bits per heavy atom. The van der Waals surface area contributed by atoms with Gasteiger partial charge in [-0.2, -0.15) is 31.6 Å². The standard InChI is InChI=1S/C88H105N13O11S2/c1-9-98(10-2)67-43-47-73-79(58-67)101(66-32-21-14-22-33-66)78-57-64(40-46-72(78)92-73)96-95-63-38-41-65(42-39-63)97(8)54-27-37-83(103)89-51-50-74(93-86(106)75(56-61-28-17-12-18-29-61)94-84(104)62-30-19-13-20-31-62)85(105)91-53-52-90-82(102)36-25-16-26-55-100-77-49-45-69(114(110,111)112)60-71(77)88(6,7)81(100)35-24-15-23-34-80-87(4,5)70-59-68(113(107,108)109)44-48-76(70)99(80)11-3/h13-15,19-24,30-35,38-49,57-61,74-75H,9-12,16-18,25-29,36-37,50-56H2,1-8H3,(H5-2,89,90,91,93,94,102,103,104,105,106,107,108,109,110,111,112)/p+2/t74-,75-/m0/s1. The summed E-state index contributed by atoms with van der Waals surface area (Å²) in [4.78, 5) is 80.2. The maximum atomic E-state index is 14.4. The number of carbonyl (C=O) groups is 5. The van der Waals surface area contributed by atoms with Crippen molar-refractivity contribution in [3.63, 3.8) is 0 Å². The average Bonchev–Trinajstić information content (AvgIpc) is 1.66. The zero-order valence-electron chi connectivity index (χ0n) is 66.4. The quantitative estimate of drug-likeness (QED) is 0.00479. The van der Waals surface area contributed by atoms with Gasteiger partial charge in [-0.25, -0.2) is 4.98 Å². The van der Waals surface area contributed by atoms with E-state index in [9.17, 15) is 49.9 Å². The van der Waals surface area contributed by atoms with Crippen LogP contribution in [0.4, 0.5) is 34.1 Å². The minimum Gasteiger partial charge on any atom is -0.375 e. The van der Waals surface area contributed by atoms with Crippen LogP contribution in [0.15, 0.2) is 214 Å². The molecule has 1 fully saturated rings. The van der Waals surface area contributed by atoms with Gasteiger partial charge in [-0.3, -0.25) is 33.1 Å². The zero-order valence-corrected chi connectivity index (χ0v) is 68.1. The van der Waals surface area contributed by atoms with E-state index < -0.39 is 60.9 Å². The lowest BCUT2D eigenvalue weighted by Gasteiger charge is -2.28. The third-order valence-corrected chi connectivity index (χ3v) is 23.7. The first-order valence-electron chi connectivity index (χ1n) is 39.7. The molecule has 8 aromatic rings. The monoisotopic (exact) mass is 1590 g/mol. The molecule has 2 atom stereocenters. The van der Waals surface area contributed by atoms with Crippen LogP contribution >= 0.6 is 0 Å². The minimum absolute atomic E-state index is 0.0424. The Morgan fingerprint density at radius 1 is 0.614 bits per heavy atom. The number of azo groups is 1. The van der Waals surface area contributed by atoms with Gasteiger partial charge in [-0.05, 0) is 175 Å². The number of anilines is 3. The lowest BCUT2D eigenvalue weighted by Crippen LogP contribution is -2.55. The van der Waals surface area contributed by atoms with Crippen LogP contribution in [0.1, 0.15) is 153 Å². The van der Waals surface area contributed by atoms with E-state index in [2.05, 4.69) is 105 Å². The number of rotatable bonds is 36. The second kappa shape index (κ2) is 37.9. The normalized spacial score (nSPS) is 15.7. The number of aromatic nitrogens is 2. The molecule has 7 aromatic carbocycles. The fourth-order valence-corrected chi connectivity index (χ4v) is 16.7. The predicted octanol–water partition coefficient (Wildman–Crippen LogP) is 14.1. The summed E-state index contributed by atoms with van der Waals surface area (Å²) in [5, 5.41) is 23.9. The summed E-state index contributed by atoms with van der Waals surface area (Å²) in [5.41, 5.74) is 12.1. The Labute approximate surface area is 669 Å². The fourth-order valence-electron chi connectivity index (χ4n) is 15.7. The highest BCUT2D eigenvalue weighted by atomic mass is 32.2. The molecular weight excluding hydrogens is 1480 g/mol. The van der Waals surface area contributed by atoms with Crippen LogP contribution < -0.4 is 45.9 Å². The first-order chi connectivity index (χ1) is 54.7. The van der Waals surface area contributed by atoms with Gasteiger partial charge in [0, 0.05) is 141 Å². The number of carbonyl (C=O) groups excluding carboxylic acids is 5. The van der Waals surface area contributed by atoms with E-state index in [4.69, 9.17) is 4.98 Å². The van der Waals surface area contributed by atoms with Crippen LogP contribution in [0.3, 0.4) is 0 Å². The van der Waals surface area contributed by atoms with Crippen LogP contribution in [0.25, 0.3) is 27.8 Å². The van der Waals surface area contributed by atoms with Crippen LogP contribution in [0.5, 0.6) is 0 Å². The first-order valence-corrected chi connectivity index (χ1v) is 42.6. The molecule has 1 aliphatic carbocycles. The van der Waals surface area contributed by atoms with Gasteiger partial charge in [0.15, 0.2) is 5.71 Å². The highest BCUT2D eigenvalue weighted by Gasteiger charge is 2.45. The summed E-state index contributed by atoms with van der Waals surface area (Å²) in [7, 11) is -6.96. The topological polar surface area (TPSA) is 308 Å². The third-order valence-electron chi connectivity index (χ3n) is 22.0. The summed E-state index contributed by atoms with van der Waals surface area (Å²) >= 11 is 0. The second-order valence-corrected chi connectivity index (χ2v) is 33.3. The number of benzene rings is 7. The molecule has 3 heterocycles. The number of para-hydroxylation sites is 1. The Bertz CT molecular complexity index is 5210. The molecular formula is C88H107N13O11S2+2. The van der Waals surface area contributed by atoms with E-state index in [1.54, 1.807) is 42.5 Å². The Hall–Kier alpha value is -10.8. The van der Waals surface area contributed by atoms with Crippen molar-refractivity contribution >= 4 is 112 Å². The molecule has 114 heavy (non-hydrogen) atoms. The summed E-state index contributed by atoms with van der Waals surface area (Å²) in [6.45, 7) is 18.0. The summed E-state index contributed by atoms with van der Waals surface area (Å²) < 4.78 is 73.1. The summed E-state index contributed by atoms with van der Waals surface area (Å²) in [5.74, 6) is -1.68. The van der Waals surface area contributed by atoms with Crippen LogP contribution in [0.2, 0.25) is 0 Å². The lowest BCUT2D eigenvalue weighted by molar-refractivity contribution is -0.538. The third kappa shape index (κ3) is 20.8. The van der Waals surface area contributed by atoms with E-state index in [-0.39, 0.29) is 66.4 Å². The molecule has 11 rings (SSSR count). The molecule has 26 heteroatoms. The van der Waals surface area contributed by atoms with Gasteiger partial charge in [0.25, 0.3) is 26.1 Å². The van der Waals surface area contributed by atoms with Crippen molar-refractivity contribution in [2.24, 2.45) is 16.1 Å². The molecule has 1 saturated carbocycles. The van der Waals surface area contributed by atoms with E-state index in [0.717, 1.165) is 118 Å². The smallest absolute Gasteiger partial charge is 0.294 e. The Balaban J connectivity index is 0.674. The maximum absolute atomic E-state index is 14.4. The first kappa shape index (κ1) is 84.1. The van der Waals surface area contributed by atoms with E-state index in [1.165, 1.54) is 24.3 Å².